The van der Waals surface area contributed by atoms with Crippen LogP contribution in [0.3, 0.4) is 0 Å². The van der Waals surface area contributed by atoms with Gasteiger partial charge in [0.2, 0.25) is 0 Å². The summed E-state index contributed by atoms with van der Waals surface area (Å²) in [4.78, 5) is 25.3. The van der Waals surface area contributed by atoms with E-state index in [9.17, 15) is 14.7 Å². The number of hydrogen-bond donors (Lipinski definition) is 3. The summed E-state index contributed by atoms with van der Waals surface area (Å²) in [6.45, 7) is 5.11. The number of carbonyl (C=O) groups excluding carboxylic acids is 1. The number of hydrogen-bond acceptors (Lipinski definition) is 5. The fraction of sp³-hybridized carbons (Fsp3) is 0.474. The standard InChI is InChI=1S/C19H24N2O5/c1-10(2)26-18(23)16-14(11-6-5-7-12(8-11)25-4)15-13(9-19(16,3)24)20-21-17(15)22/h5-8,10,14,16,24H,9H2,1-4H3,(H2,20,21,22)/t14-,16+,19-/m1/s1. The predicted molar refractivity (Wildman–Crippen MR) is 95.3 cm³/mol. The van der Waals surface area contributed by atoms with Gasteiger partial charge in [0, 0.05) is 23.6 Å². The number of benzene rings is 1. The van der Waals surface area contributed by atoms with Crippen molar-refractivity contribution >= 4 is 5.97 Å². The zero-order valence-electron chi connectivity index (χ0n) is 15.3. The van der Waals surface area contributed by atoms with Crippen LogP contribution in [0, 0.1) is 5.92 Å². The number of fused-ring (bicyclic) bond motifs is 1. The molecule has 1 aliphatic carbocycles. The summed E-state index contributed by atoms with van der Waals surface area (Å²) < 4.78 is 10.7. The number of rotatable bonds is 4. The lowest BCUT2D eigenvalue weighted by molar-refractivity contribution is -0.163. The van der Waals surface area contributed by atoms with E-state index in [0.717, 1.165) is 0 Å². The number of carbonyl (C=O) groups is 1. The molecule has 0 radical (unpaired) electrons. The summed E-state index contributed by atoms with van der Waals surface area (Å²) in [5.41, 5.74) is 0.0849. The van der Waals surface area contributed by atoms with E-state index in [1.165, 1.54) is 0 Å². The van der Waals surface area contributed by atoms with E-state index >= 15 is 0 Å². The van der Waals surface area contributed by atoms with Crippen molar-refractivity contribution in [3.63, 3.8) is 0 Å². The number of H-pyrrole nitrogens is 2. The molecule has 1 aliphatic rings. The van der Waals surface area contributed by atoms with Crippen molar-refractivity contribution in [1.29, 1.82) is 0 Å². The molecule has 0 amide bonds. The third-order valence-corrected chi connectivity index (χ3v) is 4.80. The van der Waals surface area contributed by atoms with Crippen LogP contribution in [0.2, 0.25) is 0 Å². The summed E-state index contributed by atoms with van der Waals surface area (Å²) in [5, 5.41) is 16.5. The van der Waals surface area contributed by atoms with Gasteiger partial charge in [0.05, 0.1) is 24.7 Å². The Morgan fingerprint density at radius 2 is 2.08 bits per heavy atom. The quantitative estimate of drug-likeness (QED) is 0.720. The molecule has 3 atom stereocenters. The molecule has 0 aliphatic heterocycles. The maximum atomic E-state index is 12.9. The molecule has 1 aromatic carbocycles. The third kappa shape index (κ3) is 3.14. The van der Waals surface area contributed by atoms with Gasteiger partial charge in [0.25, 0.3) is 5.56 Å². The summed E-state index contributed by atoms with van der Waals surface area (Å²) in [7, 11) is 1.55. The van der Waals surface area contributed by atoms with E-state index < -0.39 is 23.4 Å². The molecular weight excluding hydrogens is 336 g/mol. The van der Waals surface area contributed by atoms with Crippen LogP contribution in [0.5, 0.6) is 5.75 Å². The Morgan fingerprint density at radius 1 is 1.35 bits per heavy atom. The number of aromatic amines is 2. The largest absolute Gasteiger partial charge is 0.497 e. The van der Waals surface area contributed by atoms with Gasteiger partial charge in [-0.1, -0.05) is 12.1 Å². The van der Waals surface area contributed by atoms with Crippen molar-refractivity contribution in [3.8, 4) is 5.75 Å². The zero-order chi connectivity index (χ0) is 19.1. The molecule has 0 fully saturated rings. The molecule has 3 N–H and O–H groups in total. The molecule has 0 saturated carbocycles. The summed E-state index contributed by atoms with van der Waals surface area (Å²) in [5.74, 6) is -1.48. The maximum Gasteiger partial charge on any atom is 0.313 e. The predicted octanol–water partition coefficient (Wildman–Crippen LogP) is 1.72. The van der Waals surface area contributed by atoms with Crippen molar-refractivity contribution in [3.05, 3.63) is 51.4 Å². The number of esters is 1. The summed E-state index contributed by atoms with van der Waals surface area (Å²) >= 11 is 0. The van der Waals surface area contributed by atoms with Gasteiger partial charge < -0.3 is 19.7 Å². The van der Waals surface area contributed by atoms with E-state index in [1.807, 2.05) is 6.07 Å². The van der Waals surface area contributed by atoms with Crippen molar-refractivity contribution < 1.29 is 19.4 Å². The molecule has 1 heterocycles. The average Bonchev–Trinajstić information content (AvgIpc) is 2.92. The first-order valence-electron chi connectivity index (χ1n) is 8.61. The molecule has 3 rings (SSSR count). The third-order valence-electron chi connectivity index (χ3n) is 4.80. The van der Waals surface area contributed by atoms with Crippen LogP contribution in [0.15, 0.2) is 29.1 Å². The van der Waals surface area contributed by atoms with Crippen molar-refractivity contribution in [2.75, 3.05) is 7.11 Å². The van der Waals surface area contributed by atoms with Crippen LogP contribution in [0.1, 0.15) is 43.5 Å². The Balaban J connectivity index is 2.20. The zero-order valence-corrected chi connectivity index (χ0v) is 15.3. The lowest BCUT2D eigenvalue weighted by Gasteiger charge is -2.40. The highest BCUT2D eigenvalue weighted by atomic mass is 16.5. The molecule has 7 nitrogen and oxygen atoms in total. The Hall–Kier alpha value is -2.54. The fourth-order valence-corrected chi connectivity index (χ4v) is 3.76. The lowest BCUT2D eigenvalue weighted by atomic mass is 9.66. The first kappa shape index (κ1) is 18.3. The van der Waals surface area contributed by atoms with Crippen molar-refractivity contribution in [2.45, 2.75) is 44.8 Å². The molecule has 0 unspecified atom stereocenters. The van der Waals surface area contributed by atoms with Crippen LogP contribution in [-0.4, -0.2) is 40.1 Å². The highest BCUT2D eigenvalue weighted by Crippen LogP contribution is 2.45. The Labute approximate surface area is 151 Å². The van der Waals surface area contributed by atoms with Gasteiger partial charge in [-0.3, -0.25) is 14.7 Å². The molecule has 2 aromatic rings. The van der Waals surface area contributed by atoms with Gasteiger partial charge >= 0.3 is 5.97 Å². The molecular formula is C19H24N2O5. The number of aliphatic hydroxyl groups is 1. The number of nitrogens with one attached hydrogen (secondary N) is 2. The first-order chi connectivity index (χ1) is 12.2. The molecule has 140 valence electrons. The SMILES string of the molecule is COc1cccc([C@@H]2c3c([nH][nH]c3=O)C[C@@](C)(O)[C@@H]2C(=O)OC(C)C)c1. The van der Waals surface area contributed by atoms with E-state index in [-0.39, 0.29) is 18.1 Å². The van der Waals surface area contributed by atoms with E-state index in [1.54, 1.807) is 46.1 Å². The van der Waals surface area contributed by atoms with Gasteiger partial charge in [0.1, 0.15) is 5.75 Å². The monoisotopic (exact) mass is 360 g/mol. The highest BCUT2D eigenvalue weighted by Gasteiger charge is 2.51. The number of ether oxygens (including phenoxy) is 2. The second kappa shape index (κ2) is 6.64. The topological polar surface area (TPSA) is 104 Å². The Bertz CT molecular complexity index is 865. The van der Waals surface area contributed by atoms with Gasteiger partial charge in [-0.15, -0.1) is 0 Å². The van der Waals surface area contributed by atoms with Crippen LogP contribution in [0.25, 0.3) is 0 Å². The minimum absolute atomic E-state index is 0.152. The average molecular weight is 360 g/mol. The normalized spacial score (nSPS) is 25.0. The van der Waals surface area contributed by atoms with Gasteiger partial charge in [-0.25, -0.2) is 0 Å². The second-order valence-corrected chi connectivity index (χ2v) is 7.22. The number of methoxy groups -OCH3 is 1. The van der Waals surface area contributed by atoms with Gasteiger partial charge in [0.15, 0.2) is 0 Å². The van der Waals surface area contributed by atoms with Crippen LogP contribution >= 0.6 is 0 Å². The smallest absolute Gasteiger partial charge is 0.313 e. The van der Waals surface area contributed by atoms with Gasteiger partial charge in [-0.2, -0.15) is 0 Å². The van der Waals surface area contributed by atoms with Crippen LogP contribution in [0.4, 0.5) is 0 Å². The molecule has 1 aromatic heterocycles. The summed E-state index contributed by atoms with van der Waals surface area (Å²) in [6, 6.07) is 7.18. The van der Waals surface area contributed by atoms with Crippen molar-refractivity contribution in [1.82, 2.24) is 10.2 Å². The van der Waals surface area contributed by atoms with E-state index in [2.05, 4.69) is 10.2 Å². The molecule has 0 bridgehead atoms. The van der Waals surface area contributed by atoms with E-state index in [4.69, 9.17) is 9.47 Å². The molecule has 0 saturated heterocycles. The highest BCUT2D eigenvalue weighted by molar-refractivity contribution is 5.77. The Kier molecular flexibility index (Phi) is 4.66. The second-order valence-electron chi connectivity index (χ2n) is 7.22. The van der Waals surface area contributed by atoms with Gasteiger partial charge in [-0.05, 0) is 38.5 Å². The fourth-order valence-electron chi connectivity index (χ4n) is 3.76. The molecule has 26 heavy (non-hydrogen) atoms. The van der Waals surface area contributed by atoms with Crippen LogP contribution < -0.4 is 10.3 Å². The minimum atomic E-state index is -1.38. The Morgan fingerprint density at radius 3 is 2.73 bits per heavy atom. The first-order valence-corrected chi connectivity index (χ1v) is 8.61. The van der Waals surface area contributed by atoms with E-state index in [0.29, 0.717) is 22.6 Å². The van der Waals surface area contributed by atoms with Crippen molar-refractivity contribution in [2.24, 2.45) is 5.92 Å². The lowest BCUT2D eigenvalue weighted by Crippen LogP contribution is -2.50. The minimum Gasteiger partial charge on any atom is -0.497 e. The molecule has 0 spiro atoms. The summed E-state index contributed by atoms with van der Waals surface area (Å²) in [6.07, 6.45) is -0.172. The molecule has 7 heteroatoms. The maximum absolute atomic E-state index is 12.9. The van der Waals surface area contributed by atoms with Crippen LogP contribution in [-0.2, 0) is 16.0 Å². The number of aromatic nitrogens is 2.